The van der Waals surface area contributed by atoms with E-state index in [4.69, 9.17) is 9.15 Å². The second-order valence-corrected chi connectivity index (χ2v) is 7.52. The number of ether oxygens (including phenoxy) is 1. The molecule has 114 valence electrons. The molecule has 2 rings (SSSR count). The molecule has 6 nitrogen and oxygen atoms in total. The average Bonchev–Trinajstić information content (AvgIpc) is 3.04. The van der Waals surface area contributed by atoms with Gasteiger partial charge in [0, 0.05) is 14.1 Å². The van der Waals surface area contributed by atoms with E-state index < -0.39 is 16.0 Å². The summed E-state index contributed by atoms with van der Waals surface area (Å²) in [5.74, 6) is -0.172. The molecule has 0 aliphatic carbocycles. The maximum absolute atomic E-state index is 11.8. The van der Waals surface area contributed by atoms with E-state index in [-0.39, 0.29) is 17.5 Å². The van der Waals surface area contributed by atoms with Gasteiger partial charge in [-0.3, -0.25) is 0 Å². The van der Waals surface area contributed by atoms with E-state index in [1.54, 1.807) is 5.38 Å². The summed E-state index contributed by atoms with van der Waals surface area (Å²) in [7, 11) is -0.789. The van der Waals surface area contributed by atoms with Gasteiger partial charge in [0.1, 0.15) is 17.2 Å². The minimum Gasteiger partial charge on any atom is -0.453 e. The smallest absolute Gasteiger partial charge is 0.349 e. The molecule has 0 N–H and O–H groups in total. The van der Waals surface area contributed by atoms with Gasteiger partial charge in [0.25, 0.3) is 10.0 Å². The van der Waals surface area contributed by atoms with E-state index in [9.17, 15) is 13.2 Å². The fraction of sp³-hybridized carbons (Fsp3) is 0.308. The zero-order valence-electron chi connectivity index (χ0n) is 11.8. The number of furan rings is 1. The summed E-state index contributed by atoms with van der Waals surface area (Å²) in [5.41, 5.74) is 0.848. The summed E-state index contributed by atoms with van der Waals surface area (Å²) in [6.07, 6.45) is 0. The van der Waals surface area contributed by atoms with Gasteiger partial charge in [0.2, 0.25) is 5.09 Å². The lowest BCUT2D eigenvalue weighted by Gasteiger charge is -2.07. The van der Waals surface area contributed by atoms with Gasteiger partial charge in [-0.25, -0.2) is 17.5 Å². The molecule has 0 saturated carbocycles. The van der Waals surface area contributed by atoms with Crippen molar-refractivity contribution in [1.29, 1.82) is 0 Å². The number of nitrogens with zero attached hydrogens (tertiary/aromatic N) is 1. The number of carbonyl (C=O) groups excluding carboxylic acids is 1. The van der Waals surface area contributed by atoms with Crippen molar-refractivity contribution in [3.05, 3.63) is 39.8 Å². The van der Waals surface area contributed by atoms with Crippen LogP contribution in [0.3, 0.4) is 0 Å². The standard InChI is InChI=1S/C13H15NO5S2/c1-9-6-7-20-12(9)13(15)18-8-10-4-5-11(19-10)21(16,17)14(2)3/h4-7H,8H2,1-3H3. The molecule has 0 aromatic carbocycles. The Kier molecular flexibility index (Phi) is 4.50. The van der Waals surface area contributed by atoms with Crippen molar-refractivity contribution < 1.29 is 22.4 Å². The summed E-state index contributed by atoms with van der Waals surface area (Å²) >= 11 is 1.30. The van der Waals surface area contributed by atoms with Gasteiger partial charge >= 0.3 is 5.97 Å². The van der Waals surface area contributed by atoms with E-state index >= 15 is 0 Å². The third-order valence-electron chi connectivity index (χ3n) is 2.76. The number of thiophene rings is 1. The Morgan fingerprint density at radius 2 is 2.05 bits per heavy atom. The number of sulfonamides is 1. The van der Waals surface area contributed by atoms with Crippen LogP contribution in [-0.2, 0) is 21.4 Å². The third-order valence-corrected chi connectivity index (χ3v) is 5.45. The first-order chi connectivity index (χ1) is 9.82. The number of aryl methyl sites for hydroxylation is 1. The van der Waals surface area contributed by atoms with E-state index in [0.29, 0.717) is 4.88 Å². The van der Waals surface area contributed by atoms with Crippen LogP contribution in [0.5, 0.6) is 0 Å². The van der Waals surface area contributed by atoms with Crippen LogP contribution in [0, 0.1) is 6.92 Å². The molecule has 0 saturated heterocycles. The zero-order chi connectivity index (χ0) is 15.6. The minimum atomic E-state index is -3.62. The average molecular weight is 329 g/mol. The Morgan fingerprint density at radius 1 is 1.33 bits per heavy atom. The number of carbonyl (C=O) groups is 1. The predicted octanol–water partition coefficient (Wildman–Crippen LogP) is 2.26. The molecule has 21 heavy (non-hydrogen) atoms. The molecule has 0 aliphatic heterocycles. The molecule has 0 amide bonds. The predicted molar refractivity (Wildman–Crippen MR) is 77.8 cm³/mol. The fourth-order valence-corrected chi connectivity index (χ4v) is 3.17. The first-order valence-corrected chi connectivity index (χ1v) is 8.37. The molecule has 2 aromatic heterocycles. The lowest BCUT2D eigenvalue weighted by Crippen LogP contribution is -2.21. The normalized spacial score (nSPS) is 11.8. The van der Waals surface area contributed by atoms with Crippen LogP contribution < -0.4 is 0 Å². The van der Waals surface area contributed by atoms with Crippen molar-refractivity contribution in [1.82, 2.24) is 4.31 Å². The highest BCUT2D eigenvalue weighted by atomic mass is 32.2. The summed E-state index contributed by atoms with van der Waals surface area (Å²) in [6.45, 7) is 1.71. The highest BCUT2D eigenvalue weighted by Crippen LogP contribution is 2.20. The van der Waals surface area contributed by atoms with Gasteiger partial charge in [-0.2, -0.15) is 0 Å². The van der Waals surface area contributed by atoms with E-state index in [0.717, 1.165) is 9.87 Å². The second-order valence-electron chi connectivity index (χ2n) is 4.52. The largest absolute Gasteiger partial charge is 0.453 e. The van der Waals surface area contributed by atoms with Gasteiger partial charge in [-0.1, -0.05) is 0 Å². The molecule has 8 heteroatoms. The van der Waals surface area contributed by atoms with Crippen LogP contribution in [0.4, 0.5) is 0 Å². The number of hydrogen-bond donors (Lipinski definition) is 0. The number of hydrogen-bond acceptors (Lipinski definition) is 6. The van der Waals surface area contributed by atoms with Crippen molar-refractivity contribution in [2.75, 3.05) is 14.1 Å². The Bertz CT molecular complexity index is 742. The van der Waals surface area contributed by atoms with E-state index in [1.807, 2.05) is 13.0 Å². The van der Waals surface area contributed by atoms with Crippen LogP contribution in [0.2, 0.25) is 0 Å². The molecular formula is C13H15NO5S2. The Morgan fingerprint density at radius 3 is 2.62 bits per heavy atom. The van der Waals surface area contributed by atoms with Gasteiger partial charge < -0.3 is 9.15 Å². The molecule has 0 atom stereocenters. The van der Waals surface area contributed by atoms with E-state index in [1.165, 1.54) is 37.6 Å². The Labute approximate surface area is 127 Å². The van der Waals surface area contributed by atoms with Crippen LogP contribution in [0.1, 0.15) is 21.0 Å². The van der Waals surface area contributed by atoms with Crippen molar-refractivity contribution >= 4 is 27.3 Å². The molecule has 0 fully saturated rings. The maximum Gasteiger partial charge on any atom is 0.349 e. The van der Waals surface area contributed by atoms with Crippen molar-refractivity contribution in [3.63, 3.8) is 0 Å². The molecule has 0 bridgehead atoms. The quantitative estimate of drug-likeness (QED) is 0.786. The molecular weight excluding hydrogens is 314 g/mol. The molecule has 0 unspecified atom stereocenters. The lowest BCUT2D eigenvalue weighted by molar-refractivity contribution is 0.0445. The fourth-order valence-electron chi connectivity index (χ4n) is 1.54. The minimum absolute atomic E-state index is 0.112. The summed E-state index contributed by atoms with van der Waals surface area (Å²) in [6, 6.07) is 4.65. The maximum atomic E-state index is 11.8. The Balaban J connectivity index is 2.04. The lowest BCUT2D eigenvalue weighted by atomic mass is 10.3. The second kappa shape index (κ2) is 6.00. The first kappa shape index (κ1) is 15.7. The van der Waals surface area contributed by atoms with Crippen LogP contribution >= 0.6 is 11.3 Å². The van der Waals surface area contributed by atoms with Gasteiger partial charge in [-0.05, 0) is 36.1 Å². The first-order valence-electron chi connectivity index (χ1n) is 6.05. The summed E-state index contributed by atoms with van der Waals surface area (Å²) in [5, 5.41) is 1.63. The molecule has 0 aliphatic rings. The molecule has 0 spiro atoms. The van der Waals surface area contributed by atoms with Gasteiger partial charge in [-0.15, -0.1) is 11.3 Å². The van der Waals surface area contributed by atoms with Crippen molar-refractivity contribution in [2.45, 2.75) is 18.6 Å². The van der Waals surface area contributed by atoms with Crippen molar-refractivity contribution in [2.24, 2.45) is 0 Å². The molecule has 0 radical (unpaired) electrons. The Hall–Kier alpha value is -1.64. The molecule has 2 aromatic rings. The monoisotopic (exact) mass is 329 g/mol. The number of esters is 1. The van der Waals surface area contributed by atoms with E-state index in [2.05, 4.69) is 0 Å². The van der Waals surface area contributed by atoms with Crippen LogP contribution in [0.25, 0.3) is 0 Å². The highest BCUT2D eigenvalue weighted by molar-refractivity contribution is 7.88. The third kappa shape index (κ3) is 3.34. The SMILES string of the molecule is Cc1ccsc1C(=O)OCc1ccc(S(=O)(=O)N(C)C)o1. The topological polar surface area (TPSA) is 76.8 Å². The van der Waals surface area contributed by atoms with Crippen LogP contribution in [0.15, 0.2) is 33.1 Å². The molecule has 2 heterocycles. The number of rotatable bonds is 5. The van der Waals surface area contributed by atoms with Crippen molar-refractivity contribution in [3.8, 4) is 0 Å². The summed E-state index contributed by atoms with van der Waals surface area (Å²) < 4.78 is 35.0. The van der Waals surface area contributed by atoms with Gasteiger partial charge in [0.05, 0.1) is 0 Å². The highest BCUT2D eigenvalue weighted by Gasteiger charge is 2.22. The van der Waals surface area contributed by atoms with Crippen LogP contribution in [-0.4, -0.2) is 32.8 Å². The van der Waals surface area contributed by atoms with Gasteiger partial charge in [0.15, 0.2) is 0 Å². The summed E-state index contributed by atoms with van der Waals surface area (Å²) in [4.78, 5) is 12.4. The zero-order valence-corrected chi connectivity index (χ0v) is 13.5.